The molecule has 0 saturated carbocycles. The summed E-state index contributed by atoms with van der Waals surface area (Å²) in [5.74, 6) is -1.25. The molecule has 5 nitrogen and oxygen atoms in total. The number of aromatic nitrogens is 2. The minimum absolute atomic E-state index is 0.0792. The van der Waals surface area contributed by atoms with Gasteiger partial charge in [0, 0.05) is 5.92 Å². The van der Waals surface area contributed by atoms with Crippen molar-refractivity contribution in [3.8, 4) is 0 Å². The van der Waals surface area contributed by atoms with Gasteiger partial charge in [-0.15, -0.1) is 0 Å². The molecule has 106 valence electrons. The van der Waals surface area contributed by atoms with E-state index >= 15 is 0 Å². The molecule has 7 heteroatoms. The first-order valence-electron chi connectivity index (χ1n) is 5.84. The van der Waals surface area contributed by atoms with Gasteiger partial charge in [0.05, 0.1) is 16.8 Å². The van der Waals surface area contributed by atoms with Crippen molar-refractivity contribution in [3.05, 3.63) is 53.4 Å². The summed E-state index contributed by atoms with van der Waals surface area (Å²) in [5.41, 5.74) is 1.18. The lowest BCUT2D eigenvalue weighted by Crippen LogP contribution is -2.10. The largest absolute Gasteiger partial charge is 0.294 e. The molecule has 1 unspecified atom stereocenters. The van der Waals surface area contributed by atoms with E-state index in [1.165, 1.54) is 12.4 Å². The lowest BCUT2D eigenvalue weighted by molar-refractivity contribution is 0.481. The highest BCUT2D eigenvalue weighted by atomic mass is 32.2. The maximum absolute atomic E-state index is 13.7. The first-order valence-corrected chi connectivity index (χ1v) is 7.28. The molecule has 1 aromatic heterocycles. The van der Waals surface area contributed by atoms with Gasteiger partial charge in [-0.3, -0.25) is 4.55 Å². The van der Waals surface area contributed by atoms with Crippen molar-refractivity contribution in [3.63, 3.8) is 0 Å². The van der Waals surface area contributed by atoms with E-state index in [2.05, 4.69) is 9.97 Å². The molecule has 1 atom stereocenters. The average molecular weight is 296 g/mol. The van der Waals surface area contributed by atoms with Crippen LogP contribution in [0.4, 0.5) is 4.39 Å². The van der Waals surface area contributed by atoms with Gasteiger partial charge >= 0.3 is 0 Å². The Balaban J connectivity index is 2.63. The molecule has 1 aromatic carbocycles. The van der Waals surface area contributed by atoms with E-state index in [-0.39, 0.29) is 10.6 Å². The predicted octanol–water partition coefficient (Wildman–Crippen LogP) is 2.32. The second-order valence-corrected chi connectivity index (χ2v) is 5.88. The smallest absolute Gasteiger partial charge is 0.282 e. The normalized spacial score (nSPS) is 13.2. The summed E-state index contributed by atoms with van der Waals surface area (Å²) in [6, 6.07) is 4.46. The second-order valence-electron chi connectivity index (χ2n) is 4.49. The van der Waals surface area contributed by atoms with E-state index in [1.54, 1.807) is 26.0 Å². The van der Waals surface area contributed by atoms with Gasteiger partial charge in [-0.2, -0.15) is 8.42 Å². The van der Waals surface area contributed by atoms with Crippen LogP contribution in [0.2, 0.25) is 0 Å². The van der Waals surface area contributed by atoms with Crippen molar-refractivity contribution in [2.24, 2.45) is 0 Å². The summed E-state index contributed by atoms with van der Waals surface area (Å²) in [6.07, 6.45) is 2.21. The molecule has 2 rings (SSSR count). The molecule has 0 spiro atoms. The molecule has 0 radical (unpaired) electrons. The van der Waals surface area contributed by atoms with Crippen LogP contribution in [0.3, 0.4) is 0 Å². The molecule has 1 heterocycles. The Bertz CT molecular complexity index is 747. The number of halogens is 1. The summed E-state index contributed by atoms with van der Waals surface area (Å²) < 4.78 is 45.8. The van der Waals surface area contributed by atoms with Gasteiger partial charge in [0.25, 0.3) is 10.1 Å². The number of rotatable bonds is 3. The highest BCUT2D eigenvalue weighted by Gasteiger charge is 2.23. The third-order valence-corrected chi connectivity index (χ3v) is 3.94. The van der Waals surface area contributed by atoms with Gasteiger partial charge in [-0.1, -0.05) is 24.6 Å². The maximum atomic E-state index is 13.7. The summed E-state index contributed by atoms with van der Waals surface area (Å²) in [4.78, 5) is 7.16. The van der Waals surface area contributed by atoms with Crippen molar-refractivity contribution in [1.82, 2.24) is 9.97 Å². The molecule has 0 fully saturated rings. The fourth-order valence-electron chi connectivity index (χ4n) is 2.03. The molecular formula is C13H13FN2O3S. The zero-order valence-electron chi connectivity index (χ0n) is 10.9. The van der Waals surface area contributed by atoms with E-state index in [0.29, 0.717) is 5.56 Å². The van der Waals surface area contributed by atoms with Crippen molar-refractivity contribution >= 4 is 10.1 Å². The Morgan fingerprint density at radius 1 is 1.35 bits per heavy atom. The SMILES string of the molecule is Cc1ccc(S(=O)(=O)O)c(C(C)c2ncncc2F)c1. The second kappa shape index (κ2) is 5.26. The van der Waals surface area contributed by atoms with Crippen LogP contribution >= 0.6 is 0 Å². The Morgan fingerprint density at radius 2 is 2.05 bits per heavy atom. The summed E-state index contributed by atoms with van der Waals surface area (Å²) in [5, 5.41) is 0. The topological polar surface area (TPSA) is 80.2 Å². The lowest BCUT2D eigenvalue weighted by atomic mass is 9.96. The van der Waals surface area contributed by atoms with E-state index in [1.807, 2.05) is 0 Å². The maximum Gasteiger partial charge on any atom is 0.294 e. The van der Waals surface area contributed by atoms with E-state index in [4.69, 9.17) is 0 Å². The molecule has 0 saturated heterocycles. The van der Waals surface area contributed by atoms with Gasteiger partial charge < -0.3 is 0 Å². The van der Waals surface area contributed by atoms with Gasteiger partial charge in [0.15, 0.2) is 5.82 Å². The van der Waals surface area contributed by atoms with Crippen LogP contribution in [-0.2, 0) is 10.1 Å². The zero-order chi connectivity index (χ0) is 14.9. The predicted molar refractivity (Wildman–Crippen MR) is 70.5 cm³/mol. The molecule has 0 aliphatic rings. The minimum atomic E-state index is -4.38. The first kappa shape index (κ1) is 14.5. The fourth-order valence-corrected chi connectivity index (χ4v) is 2.80. The summed E-state index contributed by atoms with van der Waals surface area (Å²) in [7, 11) is -4.38. The molecule has 1 N–H and O–H groups in total. The molecule has 0 aliphatic carbocycles. The molecule has 0 bridgehead atoms. The zero-order valence-corrected chi connectivity index (χ0v) is 11.7. The number of hydrogen-bond acceptors (Lipinski definition) is 4. The Kier molecular flexibility index (Phi) is 3.82. The third kappa shape index (κ3) is 2.83. The molecule has 2 aromatic rings. The van der Waals surface area contributed by atoms with E-state index < -0.39 is 21.9 Å². The lowest BCUT2D eigenvalue weighted by Gasteiger charge is -2.15. The first-order chi connectivity index (χ1) is 9.30. The van der Waals surface area contributed by atoms with Crippen molar-refractivity contribution in [2.45, 2.75) is 24.7 Å². The highest BCUT2D eigenvalue weighted by Crippen LogP contribution is 2.30. The monoisotopic (exact) mass is 296 g/mol. The van der Waals surface area contributed by atoms with Crippen LogP contribution in [0.5, 0.6) is 0 Å². The van der Waals surface area contributed by atoms with Crippen LogP contribution in [0.15, 0.2) is 35.6 Å². The Labute approximate surface area is 116 Å². The molecule has 0 aliphatic heterocycles. The number of hydrogen-bond donors (Lipinski definition) is 1. The van der Waals surface area contributed by atoms with Gasteiger partial charge in [0.2, 0.25) is 0 Å². The van der Waals surface area contributed by atoms with Crippen LogP contribution < -0.4 is 0 Å². The Morgan fingerprint density at radius 3 is 2.65 bits per heavy atom. The van der Waals surface area contributed by atoms with E-state index in [0.717, 1.165) is 11.8 Å². The van der Waals surface area contributed by atoms with Crippen molar-refractivity contribution in [2.75, 3.05) is 0 Å². The fraction of sp³-hybridized carbons (Fsp3) is 0.231. The molecular weight excluding hydrogens is 283 g/mol. The van der Waals surface area contributed by atoms with Crippen molar-refractivity contribution in [1.29, 1.82) is 0 Å². The standard InChI is InChI=1S/C13H13FN2O3S/c1-8-3-4-12(20(17,18)19)10(5-8)9(2)13-11(14)6-15-7-16-13/h3-7,9H,1-2H3,(H,17,18,19). The van der Waals surface area contributed by atoms with Gasteiger partial charge in [-0.05, 0) is 18.6 Å². The highest BCUT2D eigenvalue weighted by molar-refractivity contribution is 7.85. The number of benzene rings is 1. The molecule has 0 amide bonds. The number of aryl methyl sites for hydroxylation is 1. The van der Waals surface area contributed by atoms with Gasteiger partial charge in [0.1, 0.15) is 6.33 Å². The number of nitrogens with zero attached hydrogens (tertiary/aromatic N) is 2. The Hall–Kier alpha value is -1.86. The van der Waals surface area contributed by atoms with Crippen molar-refractivity contribution < 1.29 is 17.4 Å². The van der Waals surface area contributed by atoms with Crippen LogP contribution in [0.1, 0.15) is 29.7 Å². The molecule has 20 heavy (non-hydrogen) atoms. The minimum Gasteiger partial charge on any atom is -0.282 e. The summed E-state index contributed by atoms with van der Waals surface area (Å²) >= 11 is 0. The van der Waals surface area contributed by atoms with E-state index in [9.17, 15) is 17.4 Å². The van der Waals surface area contributed by atoms with Crippen LogP contribution in [0.25, 0.3) is 0 Å². The van der Waals surface area contributed by atoms with Crippen LogP contribution in [-0.4, -0.2) is 22.9 Å². The van der Waals surface area contributed by atoms with Gasteiger partial charge in [-0.25, -0.2) is 14.4 Å². The third-order valence-electron chi connectivity index (χ3n) is 3.02. The van der Waals surface area contributed by atoms with Crippen LogP contribution in [0, 0.1) is 12.7 Å². The summed E-state index contributed by atoms with van der Waals surface area (Å²) in [6.45, 7) is 3.40. The quantitative estimate of drug-likeness (QED) is 0.879. The average Bonchev–Trinajstić information content (AvgIpc) is 2.37.